The van der Waals surface area contributed by atoms with Gasteiger partial charge >= 0.3 is 0 Å². The first-order chi connectivity index (χ1) is 4.95. The molecule has 0 saturated heterocycles. The van der Waals surface area contributed by atoms with Crippen molar-refractivity contribution in [3.05, 3.63) is 35.7 Å². The van der Waals surface area contributed by atoms with Crippen LogP contribution in [0.4, 0.5) is 0 Å². The Kier molecular flexibility index (Phi) is 0.575. The predicted molar refractivity (Wildman–Crippen MR) is 41.4 cm³/mol. The number of nitrogens with one attached hydrogen (secondary N) is 1. The van der Waals surface area contributed by atoms with Gasteiger partial charge in [-0.3, -0.25) is 0 Å². The summed E-state index contributed by atoms with van der Waals surface area (Å²) in [4.78, 5) is 3.12. The van der Waals surface area contributed by atoms with Gasteiger partial charge in [0.25, 0.3) is 0 Å². The Bertz CT molecular complexity index is 320. The molecule has 0 aliphatic heterocycles. The summed E-state index contributed by atoms with van der Waals surface area (Å²) >= 11 is 0. The van der Waals surface area contributed by atoms with Crippen molar-refractivity contribution in [2.24, 2.45) is 0 Å². The van der Waals surface area contributed by atoms with Gasteiger partial charge in [0.15, 0.2) is 0 Å². The van der Waals surface area contributed by atoms with Crippen LogP contribution in [0, 0.1) is 0 Å². The highest BCUT2D eigenvalue weighted by Crippen LogP contribution is 2.44. The second kappa shape index (κ2) is 1.26. The van der Waals surface area contributed by atoms with Crippen LogP contribution in [0.25, 0.3) is 11.1 Å². The summed E-state index contributed by atoms with van der Waals surface area (Å²) in [5.74, 6) is 0. The lowest BCUT2D eigenvalue weighted by molar-refractivity contribution is 1.38. The van der Waals surface area contributed by atoms with Gasteiger partial charge in [0.05, 0.1) is 0 Å². The zero-order valence-corrected chi connectivity index (χ0v) is 5.52. The molecular weight excluding hydrogens is 122 g/mol. The standard InChI is InChI=1S/C9H7N/c1-2-7-3-6(1)8-4-10-5-9(7)8/h1-2,4-5,10H,3H2. The summed E-state index contributed by atoms with van der Waals surface area (Å²) in [5.41, 5.74) is 5.78. The molecule has 0 saturated carbocycles. The maximum Gasteiger partial charge on any atom is 0.00873 e. The maximum atomic E-state index is 3.12. The topological polar surface area (TPSA) is 15.8 Å². The van der Waals surface area contributed by atoms with E-state index < -0.39 is 0 Å². The minimum absolute atomic E-state index is 1.17. The molecule has 2 bridgehead atoms. The highest BCUT2D eigenvalue weighted by Gasteiger charge is 2.24. The van der Waals surface area contributed by atoms with Crippen LogP contribution in [0.1, 0.15) is 17.5 Å². The van der Waals surface area contributed by atoms with E-state index in [1.54, 1.807) is 0 Å². The number of hydrogen-bond donors (Lipinski definition) is 1. The van der Waals surface area contributed by atoms with Crippen LogP contribution in [-0.4, -0.2) is 4.98 Å². The van der Waals surface area contributed by atoms with Gasteiger partial charge in [0.1, 0.15) is 0 Å². The molecule has 2 aliphatic rings. The fourth-order valence-electron chi connectivity index (χ4n) is 1.79. The third-order valence-corrected chi connectivity index (χ3v) is 2.30. The molecule has 1 heteroatoms. The second-order valence-electron chi connectivity index (χ2n) is 2.84. The van der Waals surface area contributed by atoms with Crippen molar-refractivity contribution in [3.63, 3.8) is 0 Å². The molecule has 0 aromatic carbocycles. The molecule has 1 N–H and O–H groups in total. The van der Waals surface area contributed by atoms with Crippen LogP contribution in [0.5, 0.6) is 0 Å². The zero-order chi connectivity index (χ0) is 6.55. The predicted octanol–water partition coefficient (Wildman–Crippen LogP) is 2.20. The van der Waals surface area contributed by atoms with E-state index in [-0.39, 0.29) is 0 Å². The number of hydrogen-bond acceptors (Lipinski definition) is 0. The van der Waals surface area contributed by atoms with Gasteiger partial charge in [-0.2, -0.15) is 0 Å². The maximum absolute atomic E-state index is 3.12. The first-order valence-corrected chi connectivity index (χ1v) is 3.52. The van der Waals surface area contributed by atoms with E-state index in [0.717, 1.165) is 0 Å². The minimum atomic E-state index is 1.17. The summed E-state index contributed by atoms with van der Waals surface area (Å²) in [6.45, 7) is 0. The SMILES string of the molecule is C1=C2CC(=C1)c1c[nH]cc12. The summed E-state index contributed by atoms with van der Waals surface area (Å²) in [5, 5.41) is 0. The number of fused-ring (bicyclic) bond motifs is 5. The van der Waals surface area contributed by atoms with E-state index in [0.29, 0.717) is 0 Å². The number of rotatable bonds is 0. The Morgan fingerprint density at radius 3 is 2.20 bits per heavy atom. The van der Waals surface area contributed by atoms with E-state index in [1.165, 1.54) is 28.7 Å². The van der Waals surface area contributed by atoms with Crippen molar-refractivity contribution in [2.45, 2.75) is 6.42 Å². The third-order valence-electron chi connectivity index (χ3n) is 2.30. The highest BCUT2D eigenvalue weighted by molar-refractivity contribution is 5.97. The molecule has 0 spiro atoms. The van der Waals surface area contributed by atoms with Crippen molar-refractivity contribution >= 4 is 11.1 Å². The van der Waals surface area contributed by atoms with Crippen LogP contribution in [0.15, 0.2) is 24.5 Å². The molecule has 0 amide bonds. The molecule has 1 aromatic rings. The summed E-state index contributed by atoms with van der Waals surface area (Å²) in [7, 11) is 0. The van der Waals surface area contributed by atoms with Crippen molar-refractivity contribution in [1.29, 1.82) is 0 Å². The van der Waals surface area contributed by atoms with Crippen molar-refractivity contribution in [1.82, 2.24) is 4.98 Å². The number of allylic oxidation sites excluding steroid dienone is 4. The van der Waals surface area contributed by atoms with E-state index in [4.69, 9.17) is 0 Å². The van der Waals surface area contributed by atoms with Crippen molar-refractivity contribution in [2.75, 3.05) is 0 Å². The molecule has 10 heavy (non-hydrogen) atoms. The third kappa shape index (κ3) is 0.338. The van der Waals surface area contributed by atoms with Gasteiger partial charge in [-0.25, -0.2) is 0 Å². The Labute approximate surface area is 59.1 Å². The summed E-state index contributed by atoms with van der Waals surface area (Å²) in [6.07, 6.45) is 9.76. The van der Waals surface area contributed by atoms with Crippen molar-refractivity contribution < 1.29 is 0 Å². The first kappa shape index (κ1) is 4.56. The zero-order valence-electron chi connectivity index (χ0n) is 5.52. The number of aromatic nitrogens is 1. The van der Waals surface area contributed by atoms with Gasteiger partial charge in [-0.05, 0) is 17.6 Å². The molecule has 1 nitrogen and oxygen atoms in total. The van der Waals surface area contributed by atoms with Crippen LogP contribution in [0.2, 0.25) is 0 Å². The molecular formula is C9H7N. The Morgan fingerprint density at radius 2 is 1.60 bits per heavy atom. The molecule has 1 aromatic heterocycles. The fraction of sp³-hybridized carbons (Fsp3) is 0.111. The fourth-order valence-corrected chi connectivity index (χ4v) is 1.79. The van der Waals surface area contributed by atoms with E-state index in [2.05, 4.69) is 29.5 Å². The Balaban J connectivity index is 2.46. The van der Waals surface area contributed by atoms with Crippen LogP contribution in [0.3, 0.4) is 0 Å². The molecule has 2 aliphatic carbocycles. The van der Waals surface area contributed by atoms with Gasteiger partial charge in [0, 0.05) is 23.5 Å². The van der Waals surface area contributed by atoms with Crippen LogP contribution >= 0.6 is 0 Å². The van der Waals surface area contributed by atoms with Gasteiger partial charge in [-0.1, -0.05) is 12.2 Å². The molecule has 0 unspecified atom stereocenters. The lowest BCUT2D eigenvalue weighted by Crippen LogP contribution is -1.73. The Hall–Kier alpha value is -1.24. The van der Waals surface area contributed by atoms with E-state index in [1.807, 2.05) is 0 Å². The summed E-state index contributed by atoms with van der Waals surface area (Å²) < 4.78 is 0. The van der Waals surface area contributed by atoms with Crippen molar-refractivity contribution in [3.8, 4) is 0 Å². The van der Waals surface area contributed by atoms with Crippen LogP contribution < -0.4 is 0 Å². The molecule has 0 atom stereocenters. The lowest BCUT2D eigenvalue weighted by atomic mass is 10.1. The minimum Gasteiger partial charge on any atom is -0.366 e. The number of aromatic amines is 1. The smallest absolute Gasteiger partial charge is 0.00873 e. The average Bonchev–Trinajstić information content (AvgIpc) is 2.60. The first-order valence-electron chi connectivity index (χ1n) is 3.52. The van der Waals surface area contributed by atoms with E-state index >= 15 is 0 Å². The molecule has 1 heterocycles. The van der Waals surface area contributed by atoms with Crippen LogP contribution in [-0.2, 0) is 0 Å². The molecule has 0 fully saturated rings. The largest absolute Gasteiger partial charge is 0.366 e. The second-order valence-corrected chi connectivity index (χ2v) is 2.84. The lowest BCUT2D eigenvalue weighted by Gasteiger charge is -1.92. The molecule has 3 rings (SSSR count). The molecule has 0 radical (unpaired) electrons. The Morgan fingerprint density at radius 1 is 1.00 bits per heavy atom. The monoisotopic (exact) mass is 129 g/mol. The normalized spacial score (nSPS) is 18.8. The molecule has 48 valence electrons. The highest BCUT2D eigenvalue weighted by atomic mass is 14.7. The van der Waals surface area contributed by atoms with Gasteiger partial charge < -0.3 is 4.98 Å². The van der Waals surface area contributed by atoms with Gasteiger partial charge in [0.2, 0.25) is 0 Å². The van der Waals surface area contributed by atoms with Gasteiger partial charge in [-0.15, -0.1) is 0 Å². The number of H-pyrrole nitrogens is 1. The quantitative estimate of drug-likeness (QED) is 0.552. The summed E-state index contributed by atoms with van der Waals surface area (Å²) in [6, 6.07) is 0. The average molecular weight is 129 g/mol. The van der Waals surface area contributed by atoms with E-state index in [9.17, 15) is 0 Å².